The van der Waals surface area contributed by atoms with Crippen molar-refractivity contribution in [2.45, 2.75) is 0 Å². The van der Waals surface area contributed by atoms with Crippen LogP contribution in [0.2, 0.25) is 0 Å². The van der Waals surface area contributed by atoms with Gasteiger partial charge in [-0.2, -0.15) is 0 Å². The van der Waals surface area contributed by atoms with E-state index in [4.69, 9.17) is 5.11 Å². The highest BCUT2D eigenvalue weighted by Crippen LogP contribution is 2.10. The Hall–Kier alpha value is -1.34. The number of halogens is 3. The van der Waals surface area contributed by atoms with Crippen molar-refractivity contribution in [3.8, 4) is 0 Å². The molecule has 0 amide bonds. The standard InChI is InChI=1S/C8H7F3O2Si.CH4O/c9-14(10,11)6-13-8(12)7-4-2-1-3-5-7;1-2/h1-5H,6H2;2H,1H3. The van der Waals surface area contributed by atoms with E-state index in [1.807, 2.05) is 0 Å². The third-order valence-corrected chi connectivity index (χ3v) is 1.85. The van der Waals surface area contributed by atoms with E-state index in [-0.39, 0.29) is 5.56 Å². The molecule has 1 aromatic carbocycles. The number of carbonyl (C=O) groups is 1. The van der Waals surface area contributed by atoms with Crippen molar-refractivity contribution in [2.75, 3.05) is 13.3 Å². The summed E-state index contributed by atoms with van der Waals surface area (Å²) in [6.45, 7) is 0. The largest absolute Gasteiger partial charge is 0.656 e. The van der Waals surface area contributed by atoms with Gasteiger partial charge < -0.3 is 9.84 Å². The van der Waals surface area contributed by atoms with E-state index in [1.54, 1.807) is 18.2 Å². The Balaban J connectivity index is 0.00000106. The van der Waals surface area contributed by atoms with Gasteiger partial charge in [0.25, 0.3) is 0 Å². The van der Waals surface area contributed by atoms with Gasteiger partial charge in [0, 0.05) is 7.11 Å². The Morgan fingerprint density at radius 3 is 2.19 bits per heavy atom. The molecule has 16 heavy (non-hydrogen) atoms. The third-order valence-electron chi connectivity index (χ3n) is 1.38. The maximum atomic E-state index is 11.8. The molecule has 3 nitrogen and oxygen atoms in total. The van der Waals surface area contributed by atoms with E-state index in [2.05, 4.69) is 4.74 Å². The second-order valence-electron chi connectivity index (χ2n) is 2.56. The zero-order valence-corrected chi connectivity index (χ0v) is 9.49. The molecule has 1 aromatic rings. The summed E-state index contributed by atoms with van der Waals surface area (Å²) in [5, 5.41) is 7.00. The first kappa shape index (κ1) is 14.7. The SMILES string of the molecule is CO.O=C(OC[Si](F)(F)F)c1ccccc1. The quantitative estimate of drug-likeness (QED) is 0.507. The first-order chi connectivity index (χ1) is 7.49. The van der Waals surface area contributed by atoms with Gasteiger partial charge in [0.05, 0.1) is 5.56 Å². The van der Waals surface area contributed by atoms with Gasteiger partial charge in [-0.15, -0.1) is 0 Å². The fraction of sp³-hybridized carbons (Fsp3) is 0.222. The van der Waals surface area contributed by atoms with E-state index < -0.39 is 21.3 Å². The molecule has 0 heterocycles. The van der Waals surface area contributed by atoms with Crippen molar-refractivity contribution in [1.29, 1.82) is 0 Å². The second-order valence-corrected chi connectivity index (χ2v) is 4.08. The summed E-state index contributed by atoms with van der Waals surface area (Å²) in [5.41, 5.74) is 0.130. The molecule has 0 aliphatic carbocycles. The molecule has 0 saturated heterocycles. The fourth-order valence-electron chi connectivity index (χ4n) is 0.805. The average Bonchev–Trinajstić information content (AvgIpc) is 2.29. The predicted molar refractivity (Wildman–Crippen MR) is 53.9 cm³/mol. The van der Waals surface area contributed by atoms with Crippen LogP contribution in [0.25, 0.3) is 0 Å². The molecule has 0 saturated carbocycles. The van der Waals surface area contributed by atoms with Gasteiger partial charge in [0.1, 0.15) is 0 Å². The molecule has 0 unspecified atom stereocenters. The number of esters is 1. The van der Waals surface area contributed by atoms with Crippen LogP contribution < -0.4 is 0 Å². The van der Waals surface area contributed by atoms with Crippen molar-refractivity contribution >= 4 is 15.0 Å². The number of ether oxygens (including phenoxy) is 1. The van der Waals surface area contributed by atoms with Crippen LogP contribution in [0.1, 0.15) is 10.4 Å². The van der Waals surface area contributed by atoms with Gasteiger partial charge >= 0.3 is 15.0 Å². The maximum Gasteiger partial charge on any atom is 0.656 e. The molecule has 0 fully saturated rings. The zero-order valence-electron chi connectivity index (χ0n) is 8.49. The molecule has 0 atom stereocenters. The Morgan fingerprint density at radius 1 is 1.25 bits per heavy atom. The number of rotatable bonds is 3. The molecular formula is C9H11F3O3Si. The first-order valence-electron chi connectivity index (χ1n) is 4.23. The third kappa shape index (κ3) is 6.20. The number of carbonyl (C=O) groups excluding carboxylic acids is 1. The Morgan fingerprint density at radius 2 is 1.75 bits per heavy atom. The summed E-state index contributed by atoms with van der Waals surface area (Å²) in [4.78, 5) is 11.0. The van der Waals surface area contributed by atoms with Crippen LogP contribution >= 0.6 is 0 Å². The highest BCUT2D eigenvalue weighted by atomic mass is 28.5. The van der Waals surface area contributed by atoms with E-state index in [0.717, 1.165) is 7.11 Å². The maximum absolute atomic E-state index is 11.8. The monoisotopic (exact) mass is 252 g/mol. The minimum atomic E-state index is -5.80. The average molecular weight is 252 g/mol. The van der Waals surface area contributed by atoms with Gasteiger partial charge in [0.2, 0.25) is 0 Å². The van der Waals surface area contributed by atoms with Crippen LogP contribution in [-0.4, -0.2) is 33.5 Å². The van der Waals surface area contributed by atoms with E-state index >= 15 is 0 Å². The molecule has 0 aliphatic rings. The van der Waals surface area contributed by atoms with Crippen molar-refractivity contribution in [3.63, 3.8) is 0 Å². The van der Waals surface area contributed by atoms with Gasteiger partial charge in [0.15, 0.2) is 6.23 Å². The molecule has 7 heteroatoms. The molecule has 1 N–H and O–H groups in total. The van der Waals surface area contributed by atoms with E-state index in [9.17, 15) is 17.1 Å². The Labute approximate surface area is 92.0 Å². The van der Waals surface area contributed by atoms with Gasteiger partial charge in [-0.3, -0.25) is 0 Å². The van der Waals surface area contributed by atoms with Crippen LogP contribution in [0, 0.1) is 0 Å². The lowest BCUT2D eigenvalue weighted by Gasteiger charge is -2.04. The molecule has 0 aromatic heterocycles. The number of aliphatic hydroxyl groups excluding tert-OH is 1. The topological polar surface area (TPSA) is 46.5 Å². The predicted octanol–water partition coefficient (Wildman–Crippen LogP) is 1.84. The van der Waals surface area contributed by atoms with Crippen LogP contribution in [0.3, 0.4) is 0 Å². The Kier molecular flexibility index (Phi) is 6.43. The van der Waals surface area contributed by atoms with Crippen molar-refractivity contribution in [1.82, 2.24) is 0 Å². The zero-order chi connectivity index (χ0) is 12.6. The summed E-state index contributed by atoms with van der Waals surface area (Å²) in [6.07, 6.45) is -1.42. The van der Waals surface area contributed by atoms with Crippen molar-refractivity contribution in [2.24, 2.45) is 0 Å². The lowest BCUT2D eigenvalue weighted by molar-refractivity contribution is 0.0537. The van der Waals surface area contributed by atoms with Crippen LogP contribution in [0.4, 0.5) is 12.3 Å². The molecular weight excluding hydrogens is 241 g/mol. The van der Waals surface area contributed by atoms with Crippen molar-refractivity contribution < 1.29 is 27.0 Å². The normalized spacial score (nSPS) is 10.1. The summed E-state index contributed by atoms with van der Waals surface area (Å²) >= 11 is 0. The number of aliphatic hydroxyl groups is 1. The summed E-state index contributed by atoms with van der Waals surface area (Å²) in [5.74, 6) is -0.935. The van der Waals surface area contributed by atoms with Gasteiger partial charge in [-0.25, -0.2) is 17.1 Å². The summed E-state index contributed by atoms with van der Waals surface area (Å²) < 4.78 is 39.5. The van der Waals surface area contributed by atoms with Gasteiger partial charge in [-0.05, 0) is 12.1 Å². The summed E-state index contributed by atoms with van der Waals surface area (Å²) in [7, 11) is -4.80. The highest BCUT2D eigenvalue weighted by molar-refractivity contribution is 6.58. The highest BCUT2D eigenvalue weighted by Gasteiger charge is 2.39. The molecule has 0 aliphatic heterocycles. The lowest BCUT2D eigenvalue weighted by atomic mass is 10.2. The fourth-order valence-corrected chi connectivity index (χ4v) is 1.10. The number of hydrogen-bond donors (Lipinski definition) is 1. The minimum Gasteiger partial charge on any atom is -0.457 e. The van der Waals surface area contributed by atoms with Crippen LogP contribution in [0.5, 0.6) is 0 Å². The molecule has 0 bridgehead atoms. The molecule has 1 rings (SSSR count). The smallest absolute Gasteiger partial charge is 0.457 e. The first-order valence-corrected chi connectivity index (χ1v) is 6.07. The lowest BCUT2D eigenvalue weighted by Crippen LogP contribution is -2.26. The van der Waals surface area contributed by atoms with Crippen LogP contribution in [-0.2, 0) is 4.74 Å². The number of benzene rings is 1. The number of hydrogen-bond acceptors (Lipinski definition) is 3. The molecule has 0 radical (unpaired) electrons. The van der Waals surface area contributed by atoms with E-state index in [0.29, 0.717) is 0 Å². The van der Waals surface area contributed by atoms with Crippen molar-refractivity contribution in [3.05, 3.63) is 35.9 Å². The Bertz CT molecular complexity index is 314. The van der Waals surface area contributed by atoms with Gasteiger partial charge in [-0.1, -0.05) is 18.2 Å². The van der Waals surface area contributed by atoms with Crippen LogP contribution in [0.15, 0.2) is 30.3 Å². The summed E-state index contributed by atoms with van der Waals surface area (Å²) in [6, 6.07) is 7.58. The van der Waals surface area contributed by atoms with E-state index in [1.165, 1.54) is 12.1 Å². The molecule has 90 valence electrons. The molecule has 0 spiro atoms. The second kappa shape index (κ2) is 7.02. The minimum absolute atomic E-state index is 0.130.